The van der Waals surface area contributed by atoms with E-state index < -0.39 is 16.2 Å². The predicted molar refractivity (Wildman–Crippen MR) is 361 cm³/mol. The first-order valence-corrected chi connectivity index (χ1v) is 34.7. The van der Waals surface area contributed by atoms with Crippen LogP contribution in [0.3, 0.4) is 0 Å². The first-order chi connectivity index (χ1) is 41.5. The number of hydrogen-bond acceptors (Lipinski definition) is 20. The second-order valence-electron chi connectivity index (χ2n) is 26.0. The van der Waals surface area contributed by atoms with Crippen molar-refractivity contribution in [3.63, 3.8) is 0 Å². The van der Waals surface area contributed by atoms with Gasteiger partial charge in [-0.25, -0.2) is 0 Å². The van der Waals surface area contributed by atoms with Crippen LogP contribution in [0.5, 0.6) is 0 Å². The molecule has 0 saturated heterocycles. The second-order valence-corrected chi connectivity index (χ2v) is 27.6. The molecule has 0 aromatic heterocycles. The first kappa shape index (κ1) is 98.0. The molecule has 536 valence electrons. The van der Waals surface area contributed by atoms with Gasteiger partial charge in [-0.1, -0.05) is 59.6 Å². The van der Waals surface area contributed by atoms with E-state index in [1.807, 2.05) is 96.9 Å². The van der Waals surface area contributed by atoms with E-state index in [0.29, 0.717) is 85.9 Å². The minimum Gasteiger partial charge on any atom is -0.466 e. The molecule has 0 radical (unpaired) electrons. The van der Waals surface area contributed by atoms with Gasteiger partial charge in [-0.3, -0.25) is 24.0 Å². The summed E-state index contributed by atoms with van der Waals surface area (Å²) in [6, 6.07) is 0. The van der Waals surface area contributed by atoms with E-state index in [9.17, 15) is 24.0 Å². The van der Waals surface area contributed by atoms with Gasteiger partial charge in [0.15, 0.2) is 0 Å². The summed E-state index contributed by atoms with van der Waals surface area (Å²) >= 11 is 6.68. The lowest BCUT2D eigenvalue weighted by Gasteiger charge is -2.22. The Morgan fingerprint density at radius 3 is 0.640 bits per heavy atom. The van der Waals surface area contributed by atoms with E-state index in [0.717, 1.165) is 114 Å². The van der Waals surface area contributed by atoms with Crippen molar-refractivity contribution in [3.05, 3.63) is 0 Å². The fourth-order valence-corrected chi connectivity index (χ4v) is 7.84. The number of halogens is 2. The fraction of sp³-hybridized carbons (Fsp3) is 0.925. The number of carbonyl (C=O) groups is 5. The van der Waals surface area contributed by atoms with E-state index in [4.69, 9.17) is 72.9 Å². The van der Waals surface area contributed by atoms with Gasteiger partial charge in [0, 0.05) is 56.9 Å². The molecule has 0 saturated carbocycles. The molecule has 0 atom stereocenters. The lowest BCUT2D eigenvalue weighted by atomic mass is 9.88. The monoisotopic (exact) mass is 1420 g/mol. The van der Waals surface area contributed by atoms with Crippen LogP contribution in [0.1, 0.15) is 221 Å². The van der Waals surface area contributed by atoms with Crippen LogP contribution in [0, 0.1) is 37.9 Å². The van der Waals surface area contributed by atoms with Crippen molar-refractivity contribution >= 4 is 61.7 Å². The molecule has 20 nitrogen and oxygen atoms in total. The molecule has 0 fully saturated rings. The molecule has 0 spiro atoms. The third kappa shape index (κ3) is 63.1. The number of aliphatic hydroxyl groups is 5. The van der Waals surface area contributed by atoms with E-state index in [-0.39, 0.29) is 84.5 Å². The van der Waals surface area contributed by atoms with E-state index >= 15 is 0 Å². The Morgan fingerprint density at radius 2 is 0.472 bits per heavy atom. The minimum absolute atomic E-state index is 0.000626. The molecule has 0 rings (SSSR count). The maximum Gasteiger partial charge on any atom is 0.311 e. The van der Waals surface area contributed by atoms with Crippen LogP contribution in [-0.2, 0) is 71.3 Å². The number of carbonyl (C=O) groups excluding carboxylic acids is 5. The Labute approximate surface area is 558 Å². The Kier molecular flexibility index (Phi) is 67.0. The van der Waals surface area contributed by atoms with Crippen molar-refractivity contribution in [2.45, 2.75) is 221 Å². The summed E-state index contributed by atoms with van der Waals surface area (Å²) in [5.41, 5.74) is -2.05. The summed E-state index contributed by atoms with van der Waals surface area (Å²) in [5.74, 6) is -0.660. The Hall–Kier alpha value is -2.09. The van der Waals surface area contributed by atoms with Gasteiger partial charge in [0.25, 0.3) is 0 Å². The highest BCUT2D eigenvalue weighted by Crippen LogP contribution is 2.28. The quantitative estimate of drug-likeness (QED) is 0.0164. The highest BCUT2D eigenvalue weighted by atomic mass is 79.9. The maximum atomic E-state index is 11.8. The van der Waals surface area contributed by atoms with Gasteiger partial charge in [0.1, 0.15) is 0 Å². The van der Waals surface area contributed by atoms with E-state index in [1.54, 1.807) is 6.92 Å². The Balaban J connectivity index is -0.000000245. The van der Waals surface area contributed by atoms with Crippen LogP contribution in [0.4, 0.5) is 0 Å². The van der Waals surface area contributed by atoms with Crippen LogP contribution in [0.2, 0.25) is 0 Å². The van der Waals surface area contributed by atoms with Crippen molar-refractivity contribution in [1.29, 1.82) is 0 Å². The summed E-state index contributed by atoms with van der Waals surface area (Å²) in [4.78, 5) is 57.7. The number of rotatable bonds is 47. The molecule has 0 amide bonds. The highest BCUT2D eigenvalue weighted by Gasteiger charge is 2.32. The minimum atomic E-state index is -0.471. The lowest BCUT2D eigenvalue weighted by Crippen LogP contribution is -2.27. The molecule has 0 aromatic carbocycles. The summed E-state index contributed by atoms with van der Waals surface area (Å²) in [5, 5.41) is 43.8. The number of ether oxygens (including phenoxy) is 10. The third-order valence-electron chi connectivity index (χ3n) is 13.5. The van der Waals surface area contributed by atoms with E-state index in [2.05, 4.69) is 59.6 Å². The van der Waals surface area contributed by atoms with Gasteiger partial charge in [-0.15, -0.1) is 0 Å². The molecule has 0 aliphatic rings. The van der Waals surface area contributed by atoms with Gasteiger partial charge >= 0.3 is 29.8 Å². The fourth-order valence-electron chi connectivity index (χ4n) is 7.28. The molecular formula is C67H134Br2O20. The largest absolute Gasteiger partial charge is 0.466 e. The van der Waals surface area contributed by atoms with Crippen LogP contribution in [-0.4, -0.2) is 198 Å². The van der Waals surface area contributed by atoms with E-state index in [1.165, 1.54) is 0 Å². The highest BCUT2D eigenvalue weighted by molar-refractivity contribution is 9.09. The van der Waals surface area contributed by atoms with Crippen molar-refractivity contribution in [2.24, 2.45) is 37.9 Å². The van der Waals surface area contributed by atoms with Crippen LogP contribution < -0.4 is 0 Å². The average Bonchev–Trinajstić information content (AvgIpc) is 3.52. The average molecular weight is 1420 g/mol. The lowest BCUT2D eigenvalue weighted by molar-refractivity contribution is -0.154. The van der Waals surface area contributed by atoms with Crippen molar-refractivity contribution in [3.8, 4) is 0 Å². The summed E-state index contributed by atoms with van der Waals surface area (Å²) in [7, 11) is 0. The molecular weight excluding hydrogens is 1280 g/mol. The van der Waals surface area contributed by atoms with Crippen molar-refractivity contribution in [2.75, 3.05) is 143 Å². The molecule has 0 aliphatic heterocycles. The predicted octanol–water partition coefficient (Wildman–Crippen LogP) is 12.2. The zero-order chi connectivity index (χ0) is 69.9. The number of aliphatic hydroxyl groups excluding tert-OH is 5. The topological polar surface area (TPSA) is 279 Å². The molecule has 22 heteroatoms. The van der Waals surface area contributed by atoms with Gasteiger partial charge < -0.3 is 72.9 Å². The molecule has 0 aliphatic carbocycles. The molecule has 0 unspecified atom stereocenters. The Morgan fingerprint density at radius 1 is 0.281 bits per heavy atom. The summed E-state index contributed by atoms with van der Waals surface area (Å²) in [6.07, 6.45) is 12.2. The normalized spacial score (nSPS) is 11.8. The van der Waals surface area contributed by atoms with Gasteiger partial charge in [-0.2, -0.15) is 0 Å². The van der Waals surface area contributed by atoms with Crippen LogP contribution >= 0.6 is 31.9 Å². The van der Waals surface area contributed by atoms with Gasteiger partial charge in [0.05, 0.1) is 113 Å². The number of alkyl halides is 2. The molecule has 0 aromatic rings. The zero-order valence-corrected chi connectivity index (χ0v) is 62.7. The van der Waals surface area contributed by atoms with Crippen molar-refractivity contribution in [1.82, 2.24) is 0 Å². The van der Waals surface area contributed by atoms with Crippen molar-refractivity contribution < 1.29 is 96.9 Å². The molecule has 0 bridgehead atoms. The standard InChI is InChI=1S/C20H38O6.C16H34O4.C11H22O4.2C9H17BrO2.C2H6O2/c1-7-25-17(21)19(3,4)11-9-13-23-15-16-24-14-10-12-20(5,6)18(22)26-8-2;1-15(2,13-17)7-5-9-19-11-12-20-10-6-8-16(3,4)14-18;1-4-15-10(13)11(2,3)6-5-8-14-9-7-12;2*1-4-12-8(11)9(2,3)6-5-7-10;3-1-2-4/h7-16H2,1-6H3;17-18H,5-14H2,1-4H3;12H,4-9H2,1-3H3;2*4-7H2,1-3H3;3-4H,1-2H2. The summed E-state index contributed by atoms with van der Waals surface area (Å²) in [6.45, 7) is 44.7. The second kappa shape index (κ2) is 60.8. The van der Waals surface area contributed by atoms with Crippen LogP contribution in [0.25, 0.3) is 0 Å². The first-order valence-electron chi connectivity index (χ1n) is 32.5. The zero-order valence-electron chi connectivity index (χ0n) is 59.6. The maximum absolute atomic E-state index is 11.8. The molecule has 0 heterocycles. The number of hydrogen-bond donors (Lipinski definition) is 5. The summed E-state index contributed by atoms with van der Waals surface area (Å²) < 4.78 is 52.2. The smallest absolute Gasteiger partial charge is 0.311 e. The van der Waals surface area contributed by atoms with Crippen LogP contribution in [0.15, 0.2) is 0 Å². The molecule has 89 heavy (non-hydrogen) atoms. The number of esters is 5. The molecule has 5 N–H and O–H groups in total. The van der Waals surface area contributed by atoms with Gasteiger partial charge in [-0.05, 0) is 205 Å². The Bertz CT molecular complexity index is 1560. The SMILES string of the molecule is CC(C)(CO)CCCOCCOCCCC(C)(C)CO.CCOC(=O)C(C)(C)CCCBr.CCOC(=O)C(C)(C)CCCBr.CCOC(=O)C(C)(C)CCCOCCO.CCOC(=O)C(C)(C)CCCOCCOCCCC(C)(C)C(=O)OCC.OCCO. The van der Waals surface area contributed by atoms with Gasteiger partial charge in [0.2, 0.25) is 0 Å². The third-order valence-corrected chi connectivity index (χ3v) is 14.6.